The van der Waals surface area contributed by atoms with Gasteiger partial charge in [0.1, 0.15) is 5.82 Å². The molecule has 0 spiro atoms. The quantitative estimate of drug-likeness (QED) is 0.873. The number of halogens is 1. The Hall–Kier alpha value is -1.03. The van der Waals surface area contributed by atoms with Gasteiger partial charge in [-0.15, -0.1) is 0 Å². The monoisotopic (exact) mass is 266 g/mol. The average Bonchev–Trinajstić information content (AvgIpc) is 2.27. The van der Waals surface area contributed by atoms with Gasteiger partial charge in [-0.25, -0.2) is 4.39 Å². The van der Waals surface area contributed by atoms with Crippen LogP contribution in [0.4, 0.5) is 10.1 Å². The van der Waals surface area contributed by atoms with E-state index in [1.807, 2.05) is 13.0 Å². The lowest BCUT2D eigenvalue weighted by Crippen LogP contribution is -2.23. The van der Waals surface area contributed by atoms with E-state index in [0.717, 1.165) is 28.6 Å². The molecule has 1 aromatic carbocycles. The van der Waals surface area contributed by atoms with Crippen molar-refractivity contribution >= 4 is 22.6 Å². The molecule has 1 aliphatic rings. The molecule has 0 saturated carbocycles. The van der Waals surface area contributed by atoms with Crippen LogP contribution in [-0.2, 0) is 0 Å². The molecule has 1 N–H and O–H groups in total. The zero-order valence-electron chi connectivity index (χ0n) is 11.0. The van der Waals surface area contributed by atoms with Crippen molar-refractivity contribution in [1.29, 1.82) is 0 Å². The molecule has 0 aromatic heterocycles. The highest BCUT2D eigenvalue weighted by Gasteiger charge is 2.18. The lowest BCUT2D eigenvalue weighted by Gasteiger charge is -2.23. The lowest BCUT2D eigenvalue weighted by molar-refractivity contribution is 0.485. The number of aryl methyl sites for hydroxylation is 1. The predicted octanol–water partition coefficient (Wildman–Crippen LogP) is 4.06. The zero-order valence-corrected chi connectivity index (χ0v) is 11.9. The number of rotatable bonds is 2. The second-order valence-corrected chi connectivity index (χ2v) is 6.11. The van der Waals surface area contributed by atoms with Gasteiger partial charge in [-0.2, -0.15) is 0 Å². The fourth-order valence-corrected chi connectivity index (χ4v) is 2.96. The van der Waals surface area contributed by atoms with Crippen molar-refractivity contribution < 1.29 is 4.39 Å². The molecule has 98 valence electrons. The summed E-state index contributed by atoms with van der Waals surface area (Å²) in [5.41, 5.74) is 1.70. The summed E-state index contributed by atoms with van der Waals surface area (Å²) < 4.78 is 13.3. The highest BCUT2D eigenvalue weighted by molar-refractivity contribution is 8.14. The number of benzene rings is 1. The number of nitrogens with one attached hydrogen (secondary N) is 1. The van der Waals surface area contributed by atoms with E-state index in [2.05, 4.69) is 24.2 Å². The number of hydrogen-bond acceptors (Lipinski definition) is 3. The first-order valence-corrected chi connectivity index (χ1v) is 7.28. The normalized spacial score (nSPS) is 19.8. The van der Waals surface area contributed by atoms with Crippen molar-refractivity contribution in [2.24, 2.45) is 10.9 Å². The van der Waals surface area contributed by atoms with Gasteiger partial charge in [-0.3, -0.25) is 4.99 Å². The summed E-state index contributed by atoms with van der Waals surface area (Å²) in [6, 6.07) is 5.35. The Labute approximate surface area is 112 Å². The maximum absolute atomic E-state index is 13.3. The van der Waals surface area contributed by atoms with Gasteiger partial charge in [0, 0.05) is 11.4 Å². The van der Waals surface area contributed by atoms with E-state index in [1.54, 1.807) is 11.8 Å². The maximum atomic E-state index is 13.3. The van der Waals surface area contributed by atoms with Gasteiger partial charge in [-0.05, 0) is 43.0 Å². The van der Waals surface area contributed by atoms with Crippen LogP contribution in [0.5, 0.6) is 0 Å². The molecule has 1 atom stereocenters. The third kappa shape index (κ3) is 3.48. The van der Waals surface area contributed by atoms with E-state index in [1.165, 1.54) is 12.1 Å². The molecule has 4 heteroatoms. The summed E-state index contributed by atoms with van der Waals surface area (Å²) in [5, 5.41) is 4.13. The van der Waals surface area contributed by atoms with E-state index >= 15 is 0 Å². The second kappa shape index (κ2) is 5.74. The molecule has 0 saturated heterocycles. The van der Waals surface area contributed by atoms with E-state index in [9.17, 15) is 4.39 Å². The third-order valence-corrected chi connectivity index (χ3v) is 3.92. The number of amidine groups is 1. The summed E-state index contributed by atoms with van der Waals surface area (Å²) >= 11 is 1.71. The Kier molecular flexibility index (Phi) is 4.27. The highest BCUT2D eigenvalue weighted by Crippen LogP contribution is 2.24. The van der Waals surface area contributed by atoms with Crippen LogP contribution in [0.15, 0.2) is 23.2 Å². The molecule has 0 amide bonds. The average molecular weight is 266 g/mol. The minimum Gasteiger partial charge on any atom is -0.335 e. The van der Waals surface area contributed by atoms with Crippen molar-refractivity contribution in [1.82, 2.24) is 0 Å². The van der Waals surface area contributed by atoms with E-state index in [4.69, 9.17) is 0 Å². The van der Waals surface area contributed by atoms with Gasteiger partial charge in [0.15, 0.2) is 5.17 Å². The lowest BCUT2D eigenvalue weighted by atomic mass is 10.0. The number of hydrogen-bond donors (Lipinski definition) is 1. The molecule has 1 unspecified atom stereocenters. The van der Waals surface area contributed by atoms with Crippen LogP contribution < -0.4 is 5.32 Å². The van der Waals surface area contributed by atoms with Crippen molar-refractivity contribution in [3.05, 3.63) is 29.6 Å². The molecule has 18 heavy (non-hydrogen) atoms. The molecular weight excluding hydrogens is 247 g/mol. The van der Waals surface area contributed by atoms with Gasteiger partial charge in [0.2, 0.25) is 0 Å². The van der Waals surface area contributed by atoms with Gasteiger partial charge in [0.05, 0.1) is 6.04 Å². The first-order chi connectivity index (χ1) is 8.54. The van der Waals surface area contributed by atoms with Crippen LogP contribution in [0.1, 0.15) is 25.8 Å². The molecule has 0 bridgehead atoms. The summed E-state index contributed by atoms with van der Waals surface area (Å²) in [6.07, 6.45) is 1.12. The maximum Gasteiger partial charge on any atom is 0.161 e. The molecule has 0 aliphatic carbocycles. The molecule has 1 heterocycles. The summed E-state index contributed by atoms with van der Waals surface area (Å²) in [6.45, 7) is 6.27. The van der Waals surface area contributed by atoms with Crippen molar-refractivity contribution in [2.75, 3.05) is 11.1 Å². The third-order valence-electron chi connectivity index (χ3n) is 3.00. The molecule has 0 fully saturated rings. The second-order valence-electron chi connectivity index (χ2n) is 5.03. The highest BCUT2D eigenvalue weighted by atomic mass is 32.2. The first kappa shape index (κ1) is 13.4. The Balaban J connectivity index is 2.13. The minimum atomic E-state index is -0.209. The summed E-state index contributed by atoms with van der Waals surface area (Å²) in [5.74, 6) is 1.42. The van der Waals surface area contributed by atoms with Gasteiger partial charge >= 0.3 is 0 Å². The van der Waals surface area contributed by atoms with Crippen molar-refractivity contribution in [2.45, 2.75) is 33.2 Å². The molecular formula is C14H19FN2S. The molecule has 1 aliphatic heterocycles. The van der Waals surface area contributed by atoms with Gasteiger partial charge < -0.3 is 5.32 Å². The molecule has 2 nitrogen and oxygen atoms in total. The summed E-state index contributed by atoms with van der Waals surface area (Å²) in [7, 11) is 0. The van der Waals surface area contributed by atoms with Crippen LogP contribution in [0, 0.1) is 18.7 Å². The minimum absolute atomic E-state index is 0.209. The van der Waals surface area contributed by atoms with E-state index in [0.29, 0.717) is 12.0 Å². The van der Waals surface area contributed by atoms with Crippen LogP contribution in [-0.4, -0.2) is 17.0 Å². The number of nitrogens with zero attached hydrogens (tertiary/aromatic N) is 1. The Morgan fingerprint density at radius 2 is 2.17 bits per heavy atom. The SMILES string of the molecule is Cc1cc(F)cc(NC2=NC(C(C)C)CCS2)c1. The van der Waals surface area contributed by atoms with Crippen LogP contribution in [0.25, 0.3) is 0 Å². The van der Waals surface area contributed by atoms with Gasteiger partial charge in [-0.1, -0.05) is 25.6 Å². The fourth-order valence-electron chi connectivity index (χ4n) is 2.01. The largest absolute Gasteiger partial charge is 0.335 e. The van der Waals surface area contributed by atoms with E-state index in [-0.39, 0.29) is 5.82 Å². The van der Waals surface area contributed by atoms with E-state index < -0.39 is 0 Å². The predicted molar refractivity (Wildman–Crippen MR) is 77.9 cm³/mol. The number of aliphatic imine (C=N–C) groups is 1. The number of thioether (sulfide) groups is 1. The van der Waals surface area contributed by atoms with Crippen molar-refractivity contribution in [3.63, 3.8) is 0 Å². The number of anilines is 1. The van der Waals surface area contributed by atoms with Crippen LogP contribution >= 0.6 is 11.8 Å². The fraction of sp³-hybridized carbons (Fsp3) is 0.500. The summed E-state index contributed by atoms with van der Waals surface area (Å²) in [4.78, 5) is 4.68. The molecule has 2 rings (SSSR count). The van der Waals surface area contributed by atoms with Crippen molar-refractivity contribution in [3.8, 4) is 0 Å². The smallest absolute Gasteiger partial charge is 0.161 e. The standard InChI is InChI=1S/C14H19FN2S/c1-9(2)13-4-5-18-14(17-13)16-12-7-10(3)6-11(15)8-12/h6-9,13H,4-5H2,1-3H3,(H,16,17). The van der Waals surface area contributed by atoms with Crippen LogP contribution in [0.3, 0.4) is 0 Å². The molecule has 0 radical (unpaired) electrons. The topological polar surface area (TPSA) is 24.4 Å². The zero-order chi connectivity index (χ0) is 13.1. The Morgan fingerprint density at radius 1 is 1.39 bits per heavy atom. The Morgan fingerprint density at radius 3 is 2.83 bits per heavy atom. The molecule has 1 aromatic rings. The van der Waals surface area contributed by atoms with Gasteiger partial charge in [0.25, 0.3) is 0 Å². The first-order valence-electron chi connectivity index (χ1n) is 6.29. The Bertz CT molecular complexity index is 437. The van der Waals surface area contributed by atoms with Crippen LogP contribution in [0.2, 0.25) is 0 Å².